The second kappa shape index (κ2) is 2.95. The van der Waals surface area contributed by atoms with Gasteiger partial charge in [0, 0.05) is 5.56 Å². The summed E-state index contributed by atoms with van der Waals surface area (Å²) in [7, 11) is 0. The summed E-state index contributed by atoms with van der Waals surface area (Å²) in [5.41, 5.74) is 0.186. The van der Waals surface area contributed by atoms with E-state index < -0.39 is 12.2 Å². The highest BCUT2D eigenvalue weighted by molar-refractivity contribution is 5.27. The van der Waals surface area contributed by atoms with Gasteiger partial charge in [-0.15, -0.1) is 0 Å². The zero-order valence-corrected chi connectivity index (χ0v) is 5.94. The van der Waals surface area contributed by atoms with E-state index in [1.807, 2.05) is 0 Å². The number of aryl methyl sites for hydroxylation is 1. The molecule has 0 nitrogen and oxygen atoms in total. The van der Waals surface area contributed by atoms with E-state index >= 15 is 0 Å². The molecule has 1 rings (SSSR count). The molecule has 1 aromatic rings. The molecule has 0 fully saturated rings. The van der Waals surface area contributed by atoms with Crippen molar-refractivity contribution in [3.8, 4) is 0 Å². The van der Waals surface area contributed by atoms with Crippen molar-refractivity contribution in [2.45, 2.75) is 13.3 Å². The van der Waals surface area contributed by atoms with Crippen molar-refractivity contribution in [3.05, 3.63) is 35.1 Å². The predicted molar refractivity (Wildman–Crippen MR) is 36.1 cm³/mol. The van der Waals surface area contributed by atoms with Crippen LogP contribution in [0.4, 0.5) is 13.2 Å². The van der Waals surface area contributed by atoms with E-state index in [9.17, 15) is 13.2 Å². The maximum absolute atomic E-state index is 12.4. The normalized spacial score (nSPS) is 10.6. The molecule has 0 saturated heterocycles. The number of rotatable bonds is 1. The molecule has 0 saturated carbocycles. The van der Waals surface area contributed by atoms with E-state index in [0.717, 1.165) is 6.07 Å². The van der Waals surface area contributed by atoms with Crippen LogP contribution in [-0.4, -0.2) is 0 Å². The van der Waals surface area contributed by atoms with Crippen molar-refractivity contribution in [2.75, 3.05) is 0 Å². The Morgan fingerprint density at radius 2 is 1.91 bits per heavy atom. The van der Waals surface area contributed by atoms with E-state index in [1.54, 1.807) is 0 Å². The molecular formula is C8H7F3. The highest BCUT2D eigenvalue weighted by Crippen LogP contribution is 2.22. The molecule has 11 heavy (non-hydrogen) atoms. The van der Waals surface area contributed by atoms with E-state index in [2.05, 4.69) is 0 Å². The van der Waals surface area contributed by atoms with Gasteiger partial charge in [0.15, 0.2) is 0 Å². The summed E-state index contributed by atoms with van der Waals surface area (Å²) in [5.74, 6) is -0.620. The van der Waals surface area contributed by atoms with Crippen LogP contribution < -0.4 is 0 Å². The Balaban J connectivity index is 3.13. The molecule has 0 unspecified atom stereocenters. The van der Waals surface area contributed by atoms with Crippen LogP contribution in [0.15, 0.2) is 18.2 Å². The van der Waals surface area contributed by atoms with Crippen molar-refractivity contribution in [1.82, 2.24) is 0 Å². The van der Waals surface area contributed by atoms with E-state index in [4.69, 9.17) is 0 Å². The topological polar surface area (TPSA) is 0 Å². The van der Waals surface area contributed by atoms with E-state index in [0.29, 0.717) is 5.56 Å². The van der Waals surface area contributed by atoms with Crippen LogP contribution in [0.25, 0.3) is 0 Å². The standard InChI is InChI=1S/C8H7F3/c1-5-2-3-6(9)4-7(5)8(10)11/h2-4,8H,1H3. The predicted octanol–water partition coefficient (Wildman–Crippen LogP) is 3.07. The van der Waals surface area contributed by atoms with E-state index in [-0.39, 0.29) is 5.56 Å². The number of benzene rings is 1. The molecule has 0 aliphatic rings. The van der Waals surface area contributed by atoms with Gasteiger partial charge in [-0.2, -0.15) is 0 Å². The fraction of sp³-hybridized carbons (Fsp3) is 0.250. The SMILES string of the molecule is Cc1ccc(F)cc1C(F)F. The Morgan fingerprint density at radius 3 is 2.36 bits per heavy atom. The quantitative estimate of drug-likeness (QED) is 0.592. The van der Waals surface area contributed by atoms with Crippen molar-refractivity contribution in [3.63, 3.8) is 0 Å². The van der Waals surface area contributed by atoms with Gasteiger partial charge in [0.25, 0.3) is 6.43 Å². The Labute approximate surface area is 62.7 Å². The summed E-state index contributed by atoms with van der Waals surface area (Å²) in [6, 6.07) is 3.37. The van der Waals surface area contributed by atoms with Crippen LogP contribution >= 0.6 is 0 Å². The Bertz CT molecular complexity index is 256. The minimum Gasteiger partial charge on any atom is -0.207 e. The smallest absolute Gasteiger partial charge is 0.207 e. The average molecular weight is 160 g/mol. The molecule has 60 valence electrons. The summed E-state index contributed by atoms with van der Waals surface area (Å²) in [5, 5.41) is 0. The molecule has 0 spiro atoms. The lowest BCUT2D eigenvalue weighted by Crippen LogP contribution is -1.90. The average Bonchev–Trinajstić information content (AvgIpc) is 1.94. The molecule has 3 heteroatoms. The molecule has 0 radical (unpaired) electrons. The monoisotopic (exact) mass is 160 g/mol. The highest BCUT2D eigenvalue weighted by atomic mass is 19.3. The fourth-order valence-electron chi connectivity index (χ4n) is 0.846. The third-order valence-electron chi connectivity index (χ3n) is 1.48. The number of hydrogen-bond acceptors (Lipinski definition) is 0. The molecule has 0 aliphatic heterocycles. The van der Waals surface area contributed by atoms with Crippen molar-refractivity contribution in [2.24, 2.45) is 0 Å². The minimum atomic E-state index is -2.59. The number of halogens is 3. The second-order valence-electron chi connectivity index (χ2n) is 2.30. The van der Waals surface area contributed by atoms with E-state index in [1.165, 1.54) is 19.1 Å². The Hall–Kier alpha value is -0.990. The van der Waals surface area contributed by atoms with Crippen molar-refractivity contribution < 1.29 is 13.2 Å². The van der Waals surface area contributed by atoms with Gasteiger partial charge < -0.3 is 0 Å². The van der Waals surface area contributed by atoms with Gasteiger partial charge in [-0.05, 0) is 24.6 Å². The summed E-state index contributed by atoms with van der Waals surface area (Å²) in [4.78, 5) is 0. The van der Waals surface area contributed by atoms with Gasteiger partial charge >= 0.3 is 0 Å². The molecule has 0 amide bonds. The summed E-state index contributed by atoms with van der Waals surface area (Å²) in [6.07, 6.45) is -2.59. The van der Waals surface area contributed by atoms with Crippen molar-refractivity contribution >= 4 is 0 Å². The van der Waals surface area contributed by atoms with Crippen LogP contribution in [0.1, 0.15) is 17.6 Å². The van der Waals surface area contributed by atoms with Gasteiger partial charge in [-0.3, -0.25) is 0 Å². The fourth-order valence-corrected chi connectivity index (χ4v) is 0.846. The molecule has 0 aliphatic carbocycles. The lowest BCUT2D eigenvalue weighted by atomic mass is 10.1. The maximum Gasteiger partial charge on any atom is 0.264 e. The first-order chi connectivity index (χ1) is 5.11. The van der Waals surface area contributed by atoms with Gasteiger partial charge in [0.05, 0.1) is 0 Å². The largest absolute Gasteiger partial charge is 0.264 e. The summed E-state index contributed by atoms with van der Waals surface area (Å²) < 4.78 is 36.5. The number of alkyl halides is 2. The molecule has 0 bridgehead atoms. The molecular weight excluding hydrogens is 153 g/mol. The van der Waals surface area contributed by atoms with Crippen LogP contribution in [0.5, 0.6) is 0 Å². The Kier molecular flexibility index (Phi) is 2.17. The Morgan fingerprint density at radius 1 is 1.27 bits per heavy atom. The summed E-state index contributed by atoms with van der Waals surface area (Å²) >= 11 is 0. The lowest BCUT2D eigenvalue weighted by molar-refractivity contribution is 0.150. The number of hydrogen-bond donors (Lipinski definition) is 0. The molecule has 0 heterocycles. The molecule has 0 atom stereocenters. The van der Waals surface area contributed by atoms with Crippen LogP contribution in [0.3, 0.4) is 0 Å². The third-order valence-corrected chi connectivity index (χ3v) is 1.48. The van der Waals surface area contributed by atoms with Crippen LogP contribution in [-0.2, 0) is 0 Å². The van der Waals surface area contributed by atoms with Gasteiger partial charge in [-0.25, -0.2) is 13.2 Å². The first-order valence-electron chi connectivity index (χ1n) is 3.15. The molecule has 0 aromatic heterocycles. The zero-order chi connectivity index (χ0) is 8.43. The van der Waals surface area contributed by atoms with Gasteiger partial charge in [0.2, 0.25) is 0 Å². The van der Waals surface area contributed by atoms with Gasteiger partial charge in [-0.1, -0.05) is 6.07 Å². The molecule has 0 N–H and O–H groups in total. The third kappa shape index (κ3) is 1.73. The second-order valence-corrected chi connectivity index (χ2v) is 2.30. The van der Waals surface area contributed by atoms with Crippen molar-refractivity contribution in [1.29, 1.82) is 0 Å². The minimum absolute atomic E-state index is 0.231. The first-order valence-corrected chi connectivity index (χ1v) is 3.15. The van der Waals surface area contributed by atoms with Crippen LogP contribution in [0, 0.1) is 12.7 Å². The molecule has 1 aromatic carbocycles. The lowest BCUT2D eigenvalue weighted by Gasteiger charge is -2.02. The maximum atomic E-state index is 12.4. The summed E-state index contributed by atoms with van der Waals surface area (Å²) in [6.45, 7) is 1.53. The van der Waals surface area contributed by atoms with Crippen LogP contribution in [0.2, 0.25) is 0 Å². The van der Waals surface area contributed by atoms with Gasteiger partial charge in [0.1, 0.15) is 5.82 Å². The first kappa shape index (κ1) is 8.11. The zero-order valence-electron chi connectivity index (χ0n) is 5.94. The highest BCUT2D eigenvalue weighted by Gasteiger charge is 2.10.